The molecule has 0 aliphatic rings. The minimum atomic E-state index is -2.28. The second kappa shape index (κ2) is 6.99. The predicted molar refractivity (Wildman–Crippen MR) is 81.4 cm³/mol. The molecule has 18 heavy (non-hydrogen) atoms. The third kappa shape index (κ3) is 7.55. The molecule has 0 aliphatic heterocycles. The molecule has 2 nitrogen and oxygen atoms in total. The SMILES string of the molecule is CCCCCC(=O)C(C#CC(C)(C)C)=S(C)(C)=O. The third-order valence-corrected chi connectivity index (χ3v) is 3.62. The fraction of sp³-hybridized carbons (Fsp3) is 0.733. The third-order valence-electron chi connectivity index (χ3n) is 2.30. The minimum Gasteiger partial charge on any atom is -0.293 e. The summed E-state index contributed by atoms with van der Waals surface area (Å²) in [6, 6.07) is 0. The molecule has 0 rings (SSSR count). The van der Waals surface area contributed by atoms with Crippen molar-refractivity contribution >= 4 is 20.2 Å². The Labute approximate surface area is 113 Å². The van der Waals surface area contributed by atoms with E-state index in [1.165, 1.54) is 0 Å². The standard InChI is InChI=1S/C15H26O2S/c1-7-8-9-10-13(16)14(18(5,6)17)11-12-15(2,3)4/h7-10H2,1-6H3. The normalized spacial score (nSPS) is 11.7. The van der Waals surface area contributed by atoms with Gasteiger partial charge < -0.3 is 0 Å². The molecule has 0 aromatic rings. The topological polar surface area (TPSA) is 34.1 Å². The molecule has 0 amide bonds. The first-order valence-electron chi connectivity index (χ1n) is 6.45. The van der Waals surface area contributed by atoms with Gasteiger partial charge in [-0.1, -0.05) is 31.6 Å². The highest BCUT2D eigenvalue weighted by Crippen LogP contribution is 2.10. The van der Waals surface area contributed by atoms with Crippen LogP contribution in [0.4, 0.5) is 0 Å². The van der Waals surface area contributed by atoms with Crippen molar-refractivity contribution < 1.29 is 9.00 Å². The summed E-state index contributed by atoms with van der Waals surface area (Å²) >= 11 is 0. The first-order valence-corrected chi connectivity index (χ1v) is 8.83. The van der Waals surface area contributed by atoms with Crippen LogP contribution in [0.3, 0.4) is 0 Å². The second-order valence-electron chi connectivity index (χ2n) is 5.94. The number of carbonyl (C=O) groups is 1. The zero-order valence-corrected chi connectivity index (χ0v) is 13.4. The Kier molecular flexibility index (Phi) is 6.70. The summed E-state index contributed by atoms with van der Waals surface area (Å²) < 4.78 is 12.1. The van der Waals surface area contributed by atoms with Crippen molar-refractivity contribution in [1.29, 1.82) is 0 Å². The van der Waals surface area contributed by atoms with Crippen LogP contribution in [0, 0.1) is 17.3 Å². The molecule has 0 aromatic heterocycles. The Morgan fingerprint density at radius 2 is 1.72 bits per heavy atom. The van der Waals surface area contributed by atoms with E-state index in [0.29, 0.717) is 11.3 Å². The van der Waals surface area contributed by atoms with Crippen LogP contribution in [0.15, 0.2) is 0 Å². The van der Waals surface area contributed by atoms with Crippen LogP contribution in [0.2, 0.25) is 0 Å². The van der Waals surface area contributed by atoms with Crippen LogP contribution >= 0.6 is 0 Å². The summed E-state index contributed by atoms with van der Waals surface area (Å²) in [6.07, 6.45) is 6.60. The van der Waals surface area contributed by atoms with Crippen molar-refractivity contribution in [2.24, 2.45) is 5.41 Å². The summed E-state index contributed by atoms with van der Waals surface area (Å²) in [5.74, 6) is 5.83. The average molecular weight is 270 g/mol. The second-order valence-corrected chi connectivity index (χ2v) is 8.82. The van der Waals surface area contributed by atoms with E-state index < -0.39 is 9.52 Å². The Balaban J connectivity index is 5.13. The molecular formula is C15H26O2S. The molecule has 0 saturated carbocycles. The van der Waals surface area contributed by atoms with Crippen molar-refractivity contribution in [3.63, 3.8) is 0 Å². The zero-order chi connectivity index (χ0) is 14.4. The highest BCUT2D eigenvalue weighted by atomic mass is 32.2. The van der Waals surface area contributed by atoms with E-state index in [-0.39, 0.29) is 11.2 Å². The van der Waals surface area contributed by atoms with Crippen LogP contribution in [0.25, 0.3) is 0 Å². The van der Waals surface area contributed by atoms with Crippen molar-refractivity contribution in [3.8, 4) is 11.8 Å². The largest absolute Gasteiger partial charge is 0.293 e. The fourth-order valence-electron chi connectivity index (χ4n) is 1.36. The highest BCUT2D eigenvalue weighted by molar-refractivity contribution is 8.02. The number of Topliss-reactive ketones (excluding diaryl/α,β-unsaturated/α-hetero) is 1. The molecule has 0 saturated heterocycles. The van der Waals surface area contributed by atoms with Gasteiger partial charge in [-0.15, -0.1) is 0 Å². The van der Waals surface area contributed by atoms with E-state index in [2.05, 4.69) is 18.8 Å². The van der Waals surface area contributed by atoms with Crippen LogP contribution in [0.5, 0.6) is 0 Å². The van der Waals surface area contributed by atoms with Crippen molar-refractivity contribution in [2.75, 3.05) is 12.5 Å². The van der Waals surface area contributed by atoms with Crippen LogP contribution in [0.1, 0.15) is 53.4 Å². The Morgan fingerprint density at radius 3 is 2.11 bits per heavy atom. The Hall–Kier alpha value is -0.750. The lowest BCUT2D eigenvalue weighted by molar-refractivity contribution is -0.112. The van der Waals surface area contributed by atoms with Crippen molar-refractivity contribution in [1.82, 2.24) is 0 Å². The molecule has 0 N–H and O–H groups in total. The first-order chi connectivity index (χ1) is 8.08. The molecule has 0 bridgehead atoms. The quantitative estimate of drug-likeness (QED) is 0.437. The summed E-state index contributed by atoms with van der Waals surface area (Å²) in [7, 11) is -2.28. The molecule has 0 radical (unpaired) electrons. The smallest absolute Gasteiger partial charge is 0.179 e. The van der Waals surface area contributed by atoms with Gasteiger partial charge in [0.1, 0.15) is 4.86 Å². The highest BCUT2D eigenvalue weighted by Gasteiger charge is 2.14. The predicted octanol–water partition coefficient (Wildman–Crippen LogP) is 2.90. The van der Waals surface area contributed by atoms with Gasteiger partial charge in [-0.2, -0.15) is 0 Å². The zero-order valence-electron chi connectivity index (χ0n) is 12.6. The van der Waals surface area contributed by atoms with Gasteiger partial charge in [0.2, 0.25) is 0 Å². The first kappa shape index (κ1) is 17.2. The molecular weight excluding hydrogens is 244 g/mol. The summed E-state index contributed by atoms with van der Waals surface area (Å²) in [6.45, 7) is 8.03. The van der Waals surface area contributed by atoms with E-state index in [9.17, 15) is 9.00 Å². The maximum absolute atomic E-state index is 12.1. The molecule has 0 atom stereocenters. The molecule has 0 aromatic carbocycles. The fourth-order valence-corrected chi connectivity index (χ4v) is 2.31. The Morgan fingerprint density at radius 1 is 1.17 bits per heavy atom. The molecule has 0 aliphatic carbocycles. The number of hydrogen-bond acceptors (Lipinski definition) is 2. The van der Waals surface area contributed by atoms with Gasteiger partial charge in [0.05, 0.1) is 0 Å². The van der Waals surface area contributed by atoms with Gasteiger partial charge in [0, 0.05) is 24.3 Å². The van der Waals surface area contributed by atoms with Crippen molar-refractivity contribution in [3.05, 3.63) is 0 Å². The summed E-state index contributed by atoms with van der Waals surface area (Å²) in [5.41, 5.74) is -0.181. The van der Waals surface area contributed by atoms with Crippen LogP contribution in [-0.2, 0) is 14.3 Å². The maximum atomic E-state index is 12.1. The van der Waals surface area contributed by atoms with Gasteiger partial charge in [-0.3, -0.25) is 9.00 Å². The molecule has 0 spiro atoms. The minimum absolute atomic E-state index is 0.0461. The van der Waals surface area contributed by atoms with E-state index >= 15 is 0 Å². The lowest BCUT2D eigenvalue weighted by atomic mass is 9.97. The summed E-state index contributed by atoms with van der Waals surface area (Å²) in [4.78, 5) is 12.4. The van der Waals surface area contributed by atoms with Gasteiger partial charge in [-0.25, -0.2) is 0 Å². The van der Waals surface area contributed by atoms with Gasteiger partial charge in [-0.05, 0) is 36.7 Å². The van der Waals surface area contributed by atoms with Gasteiger partial charge >= 0.3 is 0 Å². The average Bonchev–Trinajstić information content (AvgIpc) is 2.14. The molecule has 0 fully saturated rings. The van der Waals surface area contributed by atoms with Crippen LogP contribution in [-0.4, -0.2) is 27.4 Å². The van der Waals surface area contributed by atoms with Gasteiger partial charge in [0.15, 0.2) is 5.78 Å². The molecule has 104 valence electrons. The van der Waals surface area contributed by atoms with Crippen molar-refractivity contribution in [2.45, 2.75) is 53.4 Å². The van der Waals surface area contributed by atoms with E-state index in [4.69, 9.17) is 0 Å². The van der Waals surface area contributed by atoms with Crippen LogP contribution < -0.4 is 0 Å². The number of rotatable bonds is 5. The number of carbonyl (C=O) groups excluding carboxylic acids is 1. The van der Waals surface area contributed by atoms with E-state index in [1.54, 1.807) is 12.5 Å². The van der Waals surface area contributed by atoms with Gasteiger partial charge in [0.25, 0.3) is 0 Å². The number of ketones is 1. The number of hydrogen-bond donors (Lipinski definition) is 0. The van der Waals surface area contributed by atoms with E-state index in [1.807, 2.05) is 20.8 Å². The molecule has 3 heteroatoms. The molecule has 0 unspecified atom stereocenters. The maximum Gasteiger partial charge on any atom is 0.179 e. The Bertz CT molecular complexity index is 453. The lowest BCUT2D eigenvalue weighted by Crippen LogP contribution is -2.21. The summed E-state index contributed by atoms with van der Waals surface area (Å²) in [5, 5.41) is 0. The lowest BCUT2D eigenvalue weighted by Gasteiger charge is -2.08. The number of unbranched alkanes of at least 4 members (excludes halogenated alkanes) is 2. The van der Waals surface area contributed by atoms with E-state index in [0.717, 1.165) is 19.3 Å². The monoisotopic (exact) mass is 270 g/mol. The molecule has 0 heterocycles.